The first-order chi connectivity index (χ1) is 12.0. The third kappa shape index (κ3) is 4.61. The maximum atomic E-state index is 12.9. The van der Waals surface area contributed by atoms with E-state index < -0.39 is 5.78 Å². The number of rotatable bonds is 6. The third-order valence-corrected chi connectivity index (χ3v) is 3.71. The summed E-state index contributed by atoms with van der Waals surface area (Å²) in [5.41, 5.74) is 0.635. The van der Waals surface area contributed by atoms with E-state index in [2.05, 4.69) is 0 Å². The molecule has 0 heterocycles. The van der Waals surface area contributed by atoms with Gasteiger partial charge in [-0.25, -0.2) is 4.39 Å². The van der Waals surface area contributed by atoms with Crippen molar-refractivity contribution in [2.75, 3.05) is 14.2 Å². The van der Waals surface area contributed by atoms with Crippen molar-refractivity contribution in [2.24, 2.45) is 0 Å². The van der Waals surface area contributed by atoms with Crippen molar-refractivity contribution in [2.45, 2.75) is 0 Å². The van der Waals surface area contributed by atoms with Gasteiger partial charge < -0.3 is 14.6 Å². The maximum Gasteiger partial charge on any atom is 0.193 e. The molecule has 0 bridgehead atoms. The molecule has 0 aliphatic carbocycles. The fourth-order valence-corrected chi connectivity index (χ4v) is 2.31. The zero-order chi connectivity index (χ0) is 18.4. The number of carbonyl (C=O) groups excluding carboxylic acids is 1. The molecule has 0 aliphatic rings. The van der Waals surface area contributed by atoms with Crippen molar-refractivity contribution >= 4 is 22.4 Å². The molecular formula is C19H16ClFO4. The minimum absolute atomic E-state index is 0.0193. The van der Waals surface area contributed by atoms with Crippen molar-refractivity contribution in [3.63, 3.8) is 0 Å². The molecule has 0 aliphatic heterocycles. The Morgan fingerprint density at radius 1 is 1.16 bits per heavy atom. The predicted molar refractivity (Wildman–Crippen MR) is 94.9 cm³/mol. The van der Waals surface area contributed by atoms with E-state index in [1.54, 1.807) is 0 Å². The number of phenols is 1. The summed E-state index contributed by atoms with van der Waals surface area (Å²) in [6.07, 6.45) is 4.19. The van der Waals surface area contributed by atoms with E-state index in [0.29, 0.717) is 16.3 Å². The van der Waals surface area contributed by atoms with E-state index in [1.165, 1.54) is 68.8 Å². The van der Waals surface area contributed by atoms with Crippen LogP contribution in [0.15, 0.2) is 54.6 Å². The number of allylic oxidation sites excluding steroid dienone is 3. The lowest BCUT2D eigenvalue weighted by Gasteiger charge is -2.10. The normalized spacial score (nSPS) is 11.6. The number of methoxy groups -OCH3 is 2. The number of hydrogen-bond donors (Lipinski definition) is 1. The van der Waals surface area contributed by atoms with Crippen LogP contribution in [-0.4, -0.2) is 25.1 Å². The Balaban J connectivity index is 2.23. The number of ether oxygens (including phenoxy) is 2. The van der Waals surface area contributed by atoms with Gasteiger partial charge in [-0.1, -0.05) is 29.8 Å². The van der Waals surface area contributed by atoms with E-state index in [9.17, 15) is 14.3 Å². The SMILES string of the molecule is COc1cc(O)c(C(=O)/C=C/C=C(\Cl)c2ccc(F)cc2)c(OC)c1. The zero-order valence-electron chi connectivity index (χ0n) is 13.6. The molecule has 4 nitrogen and oxygen atoms in total. The van der Waals surface area contributed by atoms with Crippen LogP contribution in [0.4, 0.5) is 4.39 Å². The summed E-state index contributed by atoms with van der Waals surface area (Å²) in [6, 6.07) is 8.47. The van der Waals surface area contributed by atoms with Crippen molar-refractivity contribution in [3.05, 3.63) is 71.6 Å². The zero-order valence-corrected chi connectivity index (χ0v) is 14.4. The van der Waals surface area contributed by atoms with Crippen LogP contribution in [0.2, 0.25) is 0 Å². The lowest BCUT2D eigenvalue weighted by Crippen LogP contribution is -2.00. The molecule has 2 aromatic rings. The minimum Gasteiger partial charge on any atom is -0.507 e. The van der Waals surface area contributed by atoms with E-state index >= 15 is 0 Å². The monoisotopic (exact) mass is 362 g/mol. The highest BCUT2D eigenvalue weighted by Gasteiger charge is 2.17. The topological polar surface area (TPSA) is 55.8 Å². The predicted octanol–water partition coefficient (Wildman–Crippen LogP) is 4.57. The summed E-state index contributed by atoms with van der Waals surface area (Å²) in [6.45, 7) is 0. The van der Waals surface area contributed by atoms with Gasteiger partial charge in [0.05, 0.1) is 14.2 Å². The molecule has 0 spiro atoms. The van der Waals surface area contributed by atoms with Gasteiger partial charge in [-0.05, 0) is 29.8 Å². The molecule has 130 valence electrons. The highest BCUT2D eigenvalue weighted by Crippen LogP contribution is 2.33. The first-order valence-corrected chi connectivity index (χ1v) is 7.63. The number of phenolic OH excluding ortho intramolecular Hbond substituents is 1. The standard InChI is InChI=1S/C19H16ClFO4/c1-24-14-10-17(23)19(18(11-14)25-2)16(22)5-3-4-15(20)12-6-8-13(21)9-7-12/h3-11,23H,1-2H3/b5-3+,15-4-. The number of carbonyl (C=O) groups is 1. The van der Waals surface area contributed by atoms with Crippen LogP contribution in [0.5, 0.6) is 17.2 Å². The quantitative estimate of drug-likeness (QED) is 0.464. The van der Waals surface area contributed by atoms with Gasteiger partial charge in [-0.3, -0.25) is 4.79 Å². The van der Waals surface area contributed by atoms with Crippen LogP contribution >= 0.6 is 11.6 Å². The van der Waals surface area contributed by atoms with E-state index in [-0.39, 0.29) is 22.9 Å². The average molecular weight is 363 g/mol. The Morgan fingerprint density at radius 3 is 2.44 bits per heavy atom. The van der Waals surface area contributed by atoms with Gasteiger partial charge in [-0.15, -0.1) is 0 Å². The molecule has 6 heteroatoms. The fourth-order valence-electron chi connectivity index (χ4n) is 2.11. The number of ketones is 1. The van der Waals surface area contributed by atoms with Crippen LogP contribution in [0.3, 0.4) is 0 Å². The Hall–Kier alpha value is -2.79. The first kappa shape index (κ1) is 18.5. The summed E-state index contributed by atoms with van der Waals surface area (Å²) in [5, 5.41) is 10.4. The highest BCUT2D eigenvalue weighted by molar-refractivity contribution is 6.48. The second kappa shape index (κ2) is 8.35. The first-order valence-electron chi connectivity index (χ1n) is 7.25. The third-order valence-electron chi connectivity index (χ3n) is 3.37. The molecule has 0 fully saturated rings. The molecule has 2 rings (SSSR count). The van der Waals surface area contributed by atoms with Gasteiger partial charge in [-0.2, -0.15) is 0 Å². The Bertz CT molecular complexity index is 826. The van der Waals surface area contributed by atoms with Crippen LogP contribution < -0.4 is 9.47 Å². The second-order valence-corrected chi connectivity index (χ2v) is 5.38. The van der Waals surface area contributed by atoms with Crippen molar-refractivity contribution in [3.8, 4) is 17.2 Å². The Labute approximate surface area is 149 Å². The van der Waals surface area contributed by atoms with Crippen LogP contribution in [0, 0.1) is 5.82 Å². The summed E-state index contributed by atoms with van der Waals surface area (Å²) in [5.74, 6) is -0.508. The number of halogens is 2. The van der Waals surface area contributed by atoms with Crippen molar-refractivity contribution in [1.82, 2.24) is 0 Å². The molecule has 0 unspecified atom stereocenters. The van der Waals surface area contributed by atoms with Gasteiger partial charge in [0.1, 0.15) is 28.6 Å². The minimum atomic E-state index is -0.461. The highest BCUT2D eigenvalue weighted by atomic mass is 35.5. The number of aromatic hydroxyl groups is 1. The smallest absolute Gasteiger partial charge is 0.193 e. The van der Waals surface area contributed by atoms with Gasteiger partial charge in [0.2, 0.25) is 0 Å². The van der Waals surface area contributed by atoms with E-state index in [4.69, 9.17) is 21.1 Å². The maximum absolute atomic E-state index is 12.9. The van der Waals surface area contributed by atoms with E-state index in [1.807, 2.05) is 0 Å². The van der Waals surface area contributed by atoms with Crippen LogP contribution in [0.1, 0.15) is 15.9 Å². The van der Waals surface area contributed by atoms with Gasteiger partial charge in [0, 0.05) is 17.2 Å². The molecule has 1 N–H and O–H groups in total. The Morgan fingerprint density at radius 2 is 1.84 bits per heavy atom. The fraction of sp³-hybridized carbons (Fsp3) is 0.105. The molecular weight excluding hydrogens is 347 g/mol. The molecule has 25 heavy (non-hydrogen) atoms. The van der Waals surface area contributed by atoms with Gasteiger partial charge in [0.15, 0.2) is 5.78 Å². The molecule has 0 atom stereocenters. The summed E-state index contributed by atoms with van der Waals surface area (Å²) < 4.78 is 23.0. The Kier molecular flexibility index (Phi) is 6.19. The molecule has 0 radical (unpaired) electrons. The average Bonchev–Trinajstić information content (AvgIpc) is 2.61. The largest absolute Gasteiger partial charge is 0.507 e. The van der Waals surface area contributed by atoms with Gasteiger partial charge >= 0.3 is 0 Å². The lowest BCUT2D eigenvalue weighted by atomic mass is 10.1. The summed E-state index contributed by atoms with van der Waals surface area (Å²) in [7, 11) is 2.83. The summed E-state index contributed by atoms with van der Waals surface area (Å²) >= 11 is 6.10. The van der Waals surface area contributed by atoms with Crippen LogP contribution in [0.25, 0.3) is 5.03 Å². The molecule has 2 aromatic carbocycles. The number of benzene rings is 2. The van der Waals surface area contributed by atoms with E-state index in [0.717, 1.165) is 0 Å². The summed E-state index contributed by atoms with van der Waals surface area (Å²) in [4.78, 5) is 12.3. The molecule has 0 saturated heterocycles. The van der Waals surface area contributed by atoms with Crippen molar-refractivity contribution in [1.29, 1.82) is 0 Å². The number of hydrogen-bond acceptors (Lipinski definition) is 4. The molecule has 0 aromatic heterocycles. The molecule has 0 saturated carbocycles. The van der Waals surface area contributed by atoms with Gasteiger partial charge in [0.25, 0.3) is 0 Å². The molecule has 0 amide bonds. The van der Waals surface area contributed by atoms with Crippen LogP contribution in [-0.2, 0) is 0 Å². The second-order valence-electron chi connectivity index (χ2n) is 4.97. The van der Waals surface area contributed by atoms with Crippen molar-refractivity contribution < 1.29 is 23.8 Å². The lowest BCUT2D eigenvalue weighted by molar-refractivity contribution is 0.104.